The first-order valence-electron chi connectivity index (χ1n) is 6.87. The molecule has 0 amide bonds. The molecular formula is C17H21ClN2. The number of nitrogens with one attached hydrogen (secondary N) is 1. The van der Waals surface area contributed by atoms with Crippen molar-refractivity contribution in [1.29, 1.82) is 0 Å². The van der Waals surface area contributed by atoms with Crippen LogP contribution in [-0.4, -0.2) is 12.1 Å². The highest BCUT2D eigenvalue weighted by molar-refractivity contribution is 6.30. The fraction of sp³-hybridized carbons (Fsp3) is 0.294. The van der Waals surface area contributed by atoms with E-state index in [0.717, 1.165) is 17.3 Å². The Morgan fingerprint density at radius 1 is 1.10 bits per heavy atom. The number of nitrogens with zero attached hydrogens (tertiary/aromatic N) is 1. The maximum atomic E-state index is 5.90. The van der Waals surface area contributed by atoms with Crippen LogP contribution < -0.4 is 5.43 Å². The van der Waals surface area contributed by atoms with Gasteiger partial charge in [0.05, 0.1) is 0 Å². The lowest BCUT2D eigenvalue weighted by Crippen LogP contribution is -2.24. The van der Waals surface area contributed by atoms with Gasteiger partial charge in [-0.25, -0.2) is 5.01 Å². The average molecular weight is 289 g/mol. The van der Waals surface area contributed by atoms with E-state index in [9.17, 15) is 0 Å². The van der Waals surface area contributed by atoms with Crippen LogP contribution in [0.1, 0.15) is 30.9 Å². The molecule has 1 N–H and O–H groups in total. The largest absolute Gasteiger partial charge is 0.319 e. The molecule has 0 unspecified atom stereocenters. The summed E-state index contributed by atoms with van der Waals surface area (Å²) in [6.45, 7) is 5.23. The van der Waals surface area contributed by atoms with Gasteiger partial charge in [-0.05, 0) is 41.3 Å². The summed E-state index contributed by atoms with van der Waals surface area (Å²) in [7, 11) is 2.04. The molecule has 2 rings (SSSR count). The Hall–Kier alpha value is -1.51. The maximum absolute atomic E-state index is 5.90. The van der Waals surface area contributed by atoms with E-state index in [0.29, 0.717) is 5.92 Å². The van der Waals surface area contributed by atoms with Crippen molar-refractivity contribution in [3.63, 3.8) is 0 Å². The van der Waals surface area contributed by atoms with E-state index >= 15 is 0 Å². The van der Waals surface area contributed by atoms with Crippen LogP contribution in [-0.2, 0) is 6.54 Å². The molecule has 2 aromatic rings. The van der Waals surface area contributed by atoms with E-state index in [4.69, 9.17) is 11.6 Å². The fourth-order valence-electron chi connectivity index (χ4n) is 2.09. The Kier molecular flexibility index (Phi) is 5.05. The molecule has 0 aromatic heterocycles. The first-order chi connectivity index (χ1) is 9.54. The molecule has 0 radical (unpaired) electrons. The molecule has 0 spiro atoms. The predicted molar refractivity (Wildman–Crippen MR) is 87.1 cm³/mol. The van der Waals surface area contributed by atoms with Gasteiger partial charge in [-0.15, -0.1) is 0 Å². The van der Waals surface area contributed by atoms with Crippen LogP contribution in [0.3, 0.4) is 0 Å². The van der Waals surface area contributed by atoms with Gasteiger partial charge in [-0.2, -0.15) is 0 Å². The van der Waals surface area contributed by atoms with Crippen LogP contribution in [0.4, 0.5) is 5.69 Å². The molecule has 0 atom stereocenters. The van der Waals surface area contributed by atoms with Gasteiger partial charge in [0.2, 0.25) is 0 Å². The first-order valence-corrected chi connectivity index (χ1v) is 7.24. The summed E-state index contributed by atoms with van der Waals surface area (Å²) >= 11 is 5.90. The number of hydrogen-bond donors (Lipinski definition) is 1. The van der Waals surface area contributed by atoms with E-state index in [2.05, 4.69) is 48.5 Å². The molecule has 2 nitrogen and oxygen atoms in total. The molecule has 0 fully saturated rings. The van der Waals surface area contributed by atoms with Crippen molar-refractivity contribution in [3.8, 4) is 0 Å². The second kappa shape index (κ2) is 6.78. The number of rotatable bonds is 5. The van der Waals surface area contributed by atoms with Gasteiger partial charge in [-0.3, -0.25) is 0 Å². The van der Waals surface area contributed by atoms with Crippen molar-refractivity contribution >= 4 is 17.3 Å². The first kappa shape index (κ1) is 14.9. The van der Waals surface area contributed by atoms with Gasteiger partial charge in [-0.1, -0.05) is 49.7 Å². The number of hydrazine groups is 1. The van der Waals surface area contributed by atoms with Crippen LogP contribution in [0.2, 0.25) is 5.02 Å². The summed E-state index contributed by atoms with van der Waals surface area (Å²) in [6, 6.07) is 16.5. The summed E-state index contributed by atoms with van der Waals surface area (Å²) < 4.78 is 0. The smallest absolute Gasteiger partial charge is 0.0492 e. The summed E-state index contributed by atoms with van der Waals surface area (Å²) in [5.74, 6) is 0.540. The summed E-state index contributed by atoms with van der Waals surface area (Å²) in [5, 5.41) is 2.84. The quantitative estimate of drug-likeness (QED) is 0.786. The Bertz CT molecular complexity index is 549. The van der Waals surface area contributed by atoms with E-state index in [1.807, 2.05) is 31.3 Å². The van der Waals surface area contributed by atoms with Gasteiger partial charge in [0.15, 0.2) is 0 Å². The molecule has 0 saturated heterocycles. The van der Waals surface area contributed by atoms with Gasteiger partial charge in [0.1, 0.15) is 0 Å². The monoisotopic (exact) mass is 288 g/mol. The lowest BCUT2D eigenvalue weighted by atomic mass is 10.0. The SMILES string of the molecule is CC(C)c1cccc(NN(C)Cc2ccc(Cl)cc2)c1. The number of benzene rings is 2. The van der Waals surface area contributed by atoms with Gasteiger partial charge >= 0.3 is 0 Å². The Morgan fingerprint density at radius 2 is 1.80 bits per heavy atom. The van der Waals surface area contributed by atoms with E-state index < -0.39 is 0 Å². The third kappa shape index (κ3) is 4.26. The van der Waals surface area contributed by atoms with Crippen molar-refractivity contribution in [3.05, 3.63) is 64.7 Å². The van der Waals surface area contributed by atoms with Crippen LogP contribution in [0.15, 0.2) is 48.5 Å². The molecule has 0 bridgehead atoms. The standard InChI is InChI=1S/C17H21ClN2/c1-13(2)15-5-4-6-17(11-15)19-20(3)12-14-7-9-16(18)10-8-14/h4-11,13,19H,12H2,1-3H3. The van der Waals surface area contributed by atoms with Crippen molar-refractivity contribution in [2.24, 2.45) is 0 Å². The topological polar surface area (TPSA) is 15.3 Å². The minimum absolute atomic E-state index is 0.540. The van der Waals surface area contributed by atoms with Crippen molar-refractivity contribution in [1.82, 2.24) is 5.01 Å². The minimum Gasteiger partial charge on any atom is -0.319 e. The maximum Gasteiger partial charge on any atom is 0.0492 e. The average Bonchev–Trinajstić information content (AvgIpc) is 2.41. The van der Waals surface area contributed by atoms with Gasteiger partial charge < -0.3 is 5.43 Å². The zero-order valence-corrected chi connectivity index (χ0v) is 13.0. The molecule has 2 aromatic carbocycles. The highest BCUT2D eigenvalue weighted by Crippen LogP contribution is 2.19. The zero-order chi connectivity index (χ0) is 14.5. The fourth-order valence-corrected chi connectivity index (χ4v) is 2.22. The van der Waals surface area contributed by atoms with E-state index in [1.165, 1.54) is 11.1 Å². The van der Waals surface area contributed by atoms with Crippen LogP contribution in [0, 0.1) is 0 Å². The molecule has 0 aliphatic rings. The van der Waals surface area contributed by atoms with Crippen molar-refractivity contribution < 1.29 is 0 Å². The molecule has 20 heavy (non-hydrogen) atoms. The lowest BCUT2D eigenvalue weighted by Gasteiger charge is -2.20. The predicted octanol–water partition coefficient (Wildman–Crippen LogP) is 4.92. The molecule has 0 aliphatic carbocycles. The highest BCUT2D eigenvalue weighted by atomic mass is 35.5. The molecule has 0 saturated carbocycles. The van der Waals surface area contributed by atoms with Crippen molar-refractivity contribution in [2.75, 3.05) is 12.5 Å². The van der Waals surface area contributed by atoms with Crippen LogP contribution >= 0.6 is 11.6 Å². The van der Waals surface area contributed by atoms with Crippen molar-refractivity contribution in [2.45, 2.75) is 26.3 Å². The van der Waals surface area contributed by atoms with Gasteiger partial charge in [0, 0.05) is 24.3 Å². The highest BCUT2D eigenvalue weighted by Gasteiger charge is 2.03. The summed E-state index contributed by atoms with van der Waals surface area (Å²) in [6.07, 6.45) is 0. The molecule has 0 aliphatic heterocycles. The minimum atomic E-state index is 0.540. The number of halogens is 1. The zero-order valence-electron chi connectivity index (χ0n) is 12.2. The van der Waals surface area contributed by atoms with Gasteiger partial charge in [0.25, 0.3) is 0 Å². The second-order valence-electron chi connectivity index (χ2n) is 5.37. The Balaban J connectivity index is 1.99. The molecular weight excluding hydrogens is 268 g/mol. The van der Waals surface area contributed by atoms with E-state index in [1.54, 1.807) is 0 Å². The molecule has 106 valence electrons. The Labute approximate surface area is 126 Å². The Morgan fingerprint density at radius 3 is 2.45 bits per heavy atom. The molecule has 0 heterocycles. The summed E-state index contributed by atoms with van der Waals surface area (Å²) in [4.78, 5) is 0. The van der Waals surface area contributed by atoms with Crippen LogP contribution in [0.25, 0.3) is 0 Å². The third-order valence-corrected chi connectivity index (χ3v) is 3.46. The van der Waals surface area contributed by atoms with Crippen LogP contribution in [0.5, 0.6) is 0 Å². The number of anilines is 1. The van der Waals surface area contributed by atoms with E-state index in [-0.39, 0.29) is 0 Å². The third-order valence-electron chi connectivity index (χ3n) is 3.21. The second-order valence-corrected chi connectivity index (χ2v) is 5.81. The normalized spacial score (nSPS) is 11.1. The summed E-state index contributed by atoms with van der Waals surface area (Å²) in [5.41, 5.74) is 7.09. The number of hydrogen-bond acceptors (Lipinski definition) is 2. The lowest BCUT2D eigenvalue weighted by molar-refractivity contribution is 0.395. The molecule has 3 heteroatoms.